The number of hydrogen-bond acceptors (Lipinski definition) is 4. The van der Waals surface area contributed by atoms with Crippen molar-refractivity contribution in [1.29, 1.82) is 0 Å². The molecule has 4 nitrogen and oxygen atoms in total. The molecule has 0 aliphatic carbocycles. The fourth-order valence-electron chi connectivity index (χ4n) is 1.97. The maximum atomic E-state index is 5.22. The zero-order valence-corrected chi connectivity index (χ0v) is 13.2. The van der Waals surface area contributed by atoms with Gasteiger partial charge in [-0.25, -0.2) is 4.98 Å². The fraction of sp³-hybridized carbons (Fsp3) is 0.533. The molecule has 0 spiro atoms. The van der Waals surface area contributed by atoms with Crippen LogP contribution in [-0.2, 0) is 0 Å². The molecule has 1 aromatic carbocycles. The first-order valence-electron chi connectivity index (χ1n) is 7.10. The summed E-state index contributed by atoms with van der Waals surface area (Å²) in [7, 11) is 1.68. The molecule has 110 valence electrons. The van der Waals surface area contributed by atoms with E-state index in [1.54, 1.807) is 18.9 Å². The quantitative estimate of drug-likeness (QED) is 0.579. The molecule has 0 fully saturated rings. The first kappa shape index (κ1) is 15.2. The van der Waals surface area contributed by atoms with Crippen molar-refractivity contribution in [3.05, 3.63) is 18.2 Å². The summed E-state index contributed by atoms with van der Waals surface area (Å²) in [5.74, 6) is 2.55. The minimum Gasteiger partial charge on any atom is -0.497 e. The smallest absolute Gasteiger partial charge is 0.166 e. The molecule has 0 aliphatic rings. The average molecular weight is 293 g/mol. The molecule has 2 rings (SSSR count). The molecule has 2 aromatic rings. The number of nitrogens with one attached hydrogen (secondary N) is 2. The molecule has 0 saturated heterocycles. The van der Waals surface area contributed by atoms with Crippen molar-refractivity contribution in [2.45, 2.75) is 25.4 Å². The Hall–Kier alpha value is -1.20. The minimum atomic E-state index is 0.634. The molecule has 0 amide bonds. The SMILES string of the molecule is CCCNCC(C)CSc1nc2ccc(OC)cc2[nH]1. The third-order valence-corrected chi connectivity index (χ3v) is 4.29. The summed E-state index contributed by atoms with van der Waals surface area (Å²) in [6.07, 6.45) is 1.19. The van der Waals surface area contributed by atoms with Crippen LogP contribution in [0.3, 0.4) is 0 Å². The maximum absolute atomic E-state index is 5.22. The summed E-state index contributed by atoms with van der Waals surface area (Å²) in [5.41, 5.74) is 2.02. The van der Waals surface area contributed by atoms with E-state index in [1.165, 1.54) is 6.42 Å². The molecular formula is C15H23N3OS. The number of H-pyrrole nitrogens is 1. The van der Waals surface area contributed by atoms with Crippen LogP contribution in [0.4, 0.5) is 0 Å². The van der Waals surface area contributed by atoms with E-state index in [4.69, 9.17) is 4.74 Å². The van der Waals surface area contributed by atoms with E-state index in [9.17, 15) is 0 Å². The molecular weight excluding hydrogens is 270 g/mol. The Labute approximate surface area is 124 Å². The predicted octanol–water partition coefficient (Wildman–Crippen LogP) is 3.30. The van der Waals surface area contributed by atoms with Crippen molar-refractivity contribution in [3.63, 3.8) is 0 Å². The fourth-order valence-corrected chi connectivity index (χ4v) is 2.87. The summed E-state index contributed by atoms with van der Waals surface area (Å²) in [6.45, 7) is 6.62. The standard InChI is InChI=1S/C15H23N3OS/c1-4-7-16-9-11(2)10-20-15-17-13-6-5-12(19-3)8-14(13)18-15/h5-6,8,11,16H,4,7,9-10H2,1-3H3,(H,17,18). The molecule has 1 atom stereocenters. The van der Waals surface area contributed by atoms with E-state index < -0.39 is 0 Å². The van der Waals surface area contributed by atoms with Crippen LogP contribution in [0.25, 0.3) is 11.0 Å². The Bertz CT molecular complexity index is 541. The number of benzene rings is 1. The molecule has 0 radical (unpaired) electrons. The van der Waals surface area contributed by atoms with Crippen molar-refractivity contribution in [3.8, 4) is 5.75 Å². The second kappa shape index (κ2) is 7.55. The zero-order valence-electron chi connectivity index (χ0n) is 12.4. The van der Waals surface area contributed by atoms with Crippen molar-refractivity contribution >= 4 is 22.8 Å². The molecule has 0 aliphatic heterocycles. The Kier molecular flexibility index (Phi) is 5.73. The number of aromatic nitrogens is 2. The van der Waals surface area contributed by atoms with E-state index in [0.717, 1.165) is 40.8 Å². The van der Waals surface area contributed by atoms with Gasteiger partial charge in [0.15, 0.2) is 5.16 Å². The van der Waals surface area contributed by atoms with Crippen molar-refractivity contribution in [1.82, 2.24) is 15.3 Å². The van der Waals surface area contributed by atoms with Gasteiger partial charge in [0.2, 0.25) is 0 Å². The van der Waals surface area contributed by atoms with Crippen molar-refractivity contribution in [2.24, 2.45) is 5.92 Å². The Balaban J connectivity index is 1.89. The number of ether oxygens (including phenoxy) is 1. The van der Waals surface area contributed by atoms with Gasteiger partial charge in [-0.15, -0.1) is 0 Å². The predicted molar refractivity (Wildman–Crippen MR) is 85.7 cm³/mol. The number of thioether (sulfide) groups is 1. The molecule has 0 bridgehead atoms. The number of rotatable bonds is 8. The highest BCUT2D eigenvalue weighted by atomic mass is 32.2. The number of methoxy groups -OCH3 is 1. The first-order valence-corrected chi connectivity index (χ1v) is 8.08. The summed E-state index contributed by atoms with van der Waals surface area (Å²) in [4.78, 5) is 7.93. The lowest BCUT2D eigenvalue weighted by Crippen LogP contribution is -2.23. The molecule has 1 unspecified atom stereocenters. The normalized spacial score (nSPS) is 12.8. The molecule has 0 saturated carbocycles. The zero-order chi connectivity index (χ0) is 14.4. The van der Waals surface area contributed by atoms with E-state index in [0.29, 0.717) is 5.92 Å². The summed E-state index contributed by atoms with van der Waals surface area (Å²) >= 11 is 1.78. The van der Waals surface area contributed by atoms with Crippen LogP contribution in [0.2, 0.25) is 0 Å². The van der Waals surface area contributed by atoms with Crippen LogP contribution < -0.4 is 10.1 Å². The topological polar surface area (TPSA) is 49.9 Å². The van der Waals surface area contributed by atoms with Crippen molar-refractivity contribution < 1.29 is 4.74 Å². The highest BCUT2D eigenvalue weighted by molar-refractivity contribution is 7.99. The maximum Gasteiger partial charge on any atom is 0.166 e. The minimum absolute atomic E-state index is 0.634. The monoisotopic (exact) mass is 293 g/mol. The van der Waals surface area contributed by atoms with Gasteiger partial charge in [-0.2, -0.15) is 0 Å². The molecule has 5 heteroatoms. The lowest BCUT2D eigenvalue weighted by Gasteiger charge is -2.10. The van der Waals surface area contributed by atoms with Gasteiger partial charge < -0.3 is 15.0 Å². The van der Waals surface area contributed by atoms with Gasteiger partial charge in [0.25, 0.3) is 0 Å². The van der Waals surface area contributed by atoms with Gasteiger partial charge in [-0.3, -0.25) is 0 Å². The van der Waals surface area contributed by atoms with Crippen LogP contribution in [0.15, 0.2) is 23.4 Å². The number of imidazole rings is 1. The van der Waals surface area contributed by atoms with E-state index in [2.05, 4.69) is 29.1 Å². The van der Waals surface area contributed by atoms with Gasteiger partial charge in [0.1, 0.15) is 5.75 Å². The van der Waals surface area contributed by atoms with Gasteiger partial charge in [0.05, 0.1) is 18.1 Å². The van der Waals surface area contributed by atoms with Crippen LogP contribution in [0, 0.1) is 5.92 Å². The number of aromatic amines is 1. The summed E-state index contributed by atoms with van der Waals surface area (Å²) in [5, 5.41) is 4.43. The van der Waals surface area contributed by atoms with Gasteiger partial charge in [-0.05, 0) is 37.6 Å². The largest absolute Gasteiger partial charge is 0.497 e. The number of hydrogen-bond donors (Lipinski definition) is 2. The Morgan fingerprint density at radius 2 is 2.30 bits per heavy atom. The third kappa shape index (κ3) is 4.15. The molecule has 1 aromatic heterocycles. The van der Waals surface area contributed by atoms with Gasteiger partial charge in [0, 0.05) is 11.8 Å². The summed E-state index contributed by atoms with van der Waals surface area (Å²) in [6, 6.07) is 5.91. The van der Waals surface area contributed by atoms with Gasteiger partial charge >= 0.3 is 0 Å². The first-order chi connectivity index (χ1) is 9.72. The lowest BCUT2D eigenvalue weighted by molar-refractivity contribution is 0.415. The number of nitrogens with zero attached hydrogens (tertiary/aromatic N) is 1. The van der Waals surface area contributed by atoms with Crippen LogP contribution in [-0.4, -0.2) is 35.9 Å². The van der Waals surface area contributed by atoms with Crippen molar-refractivity contribution in [2.75, 3.05) is 26.0 Å². The number of fused-ring (bicyclic) bond motifs is 1. The molecule has 2 N–H and O–H groups in total. The third-order valence-electron chi connectivity index (χ3n) is 3.09. The Morgan fingerprint density at radius 1 is 1.45 bits per heavy atom. The second-order valence-corrected chi connectivity index (χ2v) is 6.05. The Morgan fingerprint density at radius 3 is 3.05 bits per heavy atom. The lowest BCUT2D eigenvalue weighted by atomic mass is 10.2. The highest BCUT2D eigenvalue weighted by Gasteiger charge is 2.07. The van der Waals surface area contributed by atoms with E-state index in [-0.39, 0.29) is 0 Å². The average Bonchev–Trinajstić information content (AvgIpc) is 2.87. The molecule has 1 heterocycles. The van der Waals surface area contributed by atoms with E-state index >= 15 is 0 Å². The van der Waals surface area contributed by atoms with Crippen LogP contribution >= 0.6 is 11.8 Å². The second-order valence-electron chi connectivity index (χ2n) is 5.05. The van der Waals surface area contributed by atoms with E-state index in [1.807, 2.05) is 18.2 Å². The van der Waals surface area contributed by atoms with Gasteiger partial charge in [-0.1, -0.05) is 25.6 Å². The highest BCUT2D eigenvalue weighted by Crippen LogP contribution is 2.24. The van der Waals surface area contributed by atoms with Crippen LogP contribution in [0.1, 0.15) is 20.3 Å². The molecule has 20 heavy (non-hydrogen) atoms. The summed E-state index contributed by atoms with van der Waals surface area (Å²) < 4.78 is 5.22. The van der Waals surface area contributed by atoms with Crippen LogP contribution in [0.5, 0.6) is 5.75 Å².